The molecule has 0 amide bonds. The van der Waals surface area contributed by atoms with E-state index < -0.39 is 5.67 Å². The second-order valence-corrected chi connectivity index (χ2v) is 4.93. The van der Waals surface area contributed by atoms with Crippen molar-refractivity contribution in [3.05, 3.63) is 29.8 Å². The maximum absolute atomic E-state index is 13.9. The van der Waals surface area contributed by atoms with E-state index in [2.05, 4.69) is 4.90 Å². The van der Waals surface area contributed by atoms with Gasteiger partial charge in [-0.25, -0.2) is 4.39 Å². The Hall–Kier alpha value is -1.38. The number of aldehydes is 1. The third-order valence-electron chi connectivity index (χ3n) is 3.43. The van der Waals surface area contributed by atoms with Crippen molar-refractivity contribution in [3.63, 3.8) is 0 Å². The van der Waals surface area contributed by atoms with Gasteiger partial charge < -0.3 is 4.90 Å². The standard InChI is InChI=1S/C14H18FNO/c1-14(15)7-4-9-16(10-8-14)13-6-3-2-5-12(13)11-17/h2-3,5-6,11H,4,7-10H2,1H3. The van der Waals surface area contributed by atoms with Crippen LogP contribution in [0.5, 0.6) is 0 Å². The quantitative estimate of drug-likeness (QED) is 0.734. The van der Waals surface area contributed by atoms with Gasteiger partial charge in [-0.1, -0.05) is 12.1 Å². The monoisotopic (exact) mass is 235 g/mol. The smallest absolute Gasteiger partial charge is 0.152 e. The van der Waals surface area contributed by atoms with E-state index in [0.29, 0.717) is 24.9 Å². The summed E-state index contributed by atoms with van der Waals surface area (Å²) in [5.74, 6) is 0. The second-order valence-electron chi connectivity index (χ2n) is 4.93. The maximum Gasteiger partial charge on any atom is 0.152 e. The third-order valence-corrected chi connectivity index (χ3v) is 3.43. The average Bonchev–Trinajstić information content (AvgIpc) is 2.50. The Morgan fingerprint density at radius 2 is 2.06 bits per heavy atom. The zero-order valence-corrected chi connectivity index (χ0v) is 10.2. The molecule has 1 saturated heterocycles. The molecule has 2 nitrogen and oxygen atoms in total. The predicted molar refractivity (Wildman–Crippen MR) is 67.4 cm³/mol. The Labute approximate surface area is 101 Å². The van der Waals surface area contributed by atoms with Crippen molar-refractivity contribution in [3.8, 4) is 0 Å². The van der Waals surface area contributed by atoms with Gasteiger partial charge in [0.25, 0.3) is 0 Å². The number of anilines is 1. The predicted octanol–water partition coefficient (Wildman–Crippen LogP) is 3.22. The van der Waals surface area contributed by atoms with E-state index in [4.69, 9.17) is 0 Å². The fourth-order valence-electron chi connectivity index (χ4n) is 2.36. The number of carbonyl (C=O) groups is 1. The van der Waals surface area contributed by atoms with Crippen molar-refractivity contribution in [2.75, 3.05) is 18.0 Å². The van der Waals surface area contributed by atoms with Gasteiger partial charge in [-0.05, 0) is 38.3 Å². The first kappa shape index (κ1) is 12.1. The summed E-state index contributed by atoms with van der Waals surface area (Å²) in [5.41, 5.74) is 0.556. The molecule has 3 heteroatoms. The van der Waals surface area contributed by atoms with E-state index in [0.717, 1.165) is 24.9 Å². The molecule has 17 heavy (non-hydrogen) atoms. The van der Waals surface area contributed by atoms with Gasteiger partial charge in [0.1, 0.15) is 5.67 Å². The number of carbonyl (C=O) groups excluding carboxylic acids is 1. The van der Waals surface area contributed by atoms with E-state index in [-0.39, 0.29) is 0 Å². The molecule has 1 aromatic rings. The molecule has 0 bridgehead atoms. The van der Waals surface area contributed by atoms with Crippen LogP contribution in [0.15, 0.2) is 24.3 Å². The third kappa shape index (κ3) is 2.84. The van der Waals surface area contributed by atoms with Gasteiger partial charge >= 0.3 is 0 Å². The van der Waals surface area contributed by atoms with Crippen LogP contribution in [0.3, 0.4) is 0 Å². The molecule has 1 unspecified atom stereocenters. The topological polar surface area (TPSA) is 20.3 Å². The number of benzene rings is 1. The zero-order chi connectivity index (χ0) is 12.3. The number of hydrogen-bond donors (Lipinski definition) is 0. The molecule has 0 saturated carbocycles. The van der Waals surface area contributed by atoms with Crippen LogP contribution in [0, 0.1) is 0 Å². The SMILES string of the molecule is CC1(F)CCCN(c2ccccc2C=O)CC1. The van der Waals surface area contributed by atoms with Crippen LogP contribution < -0.4 is 4.90 Å². The van der Waals surface area contributed by atoms with E-state index >= 15 is 0 Å². The summed E-state index contributed by atoms with van der Waals surface area (Å²) in [7, 11) is 0. The van der Waals surface area contributed by atoms with Crippen molar-refractivity contribution in [2.45, 2.75) is 31.9 Å². The first-order valence-electron chi connectivity index (χ1n) is 6.10. The molecule has 0 aromatic heterocycles. The Morgan fingerprint density at radius 3 is 2.82 bits per heavy atom. The lowest BCUT2D eigenvalue weighted by Gasteiger charge is -2.24. The molecule has 2 rings (SSSR count). The Balaban J connectivity index is 2.19. The van der Waals surface area contributed by atoms with Crippen LogP contribution >= 0.6 is 0 Å². The van der Waals surface area contributed by atoms with Crippen molar-refractivity contribution >= 4 is 12.0 Å². The average molecular weight is 235 g/mol. The Bertz CT molecular complexity index is 403. The summed E-state index contributed by atoms with van der Waals surface area (Å²) in [6.07, 6.45) is 2.84. The Kier molecular flexibility index (Phi) is 3.46. The van der Waals surface area contributed by atoms with Gasteiger partial charge in [0, 0.05) is 24.3 Å². The summed E-state index contributed by atoms with van der Waals surface area (Å²) >= 11 is 0. The van der Waals surface area contributed by atoms with Crippen molar-refractivity contribution in [1.29, 1.82) is 0 Å². The molecule has 1 aliphatic rings. The molecule has 1 fully saturated rings. The second kappa shape index (κ2) is 4.86. The molecular formula is C14H18FNO. The van der Waals surface area contributed by atoms with Crippen LogP contribution in [-0.4, -0.2) is 25.0 Å². The number of hydrogen-bond acceptors (Lipinski definition) is 2. The minimum atomic E-state index is -1.06. The fraction of sp³-hybridized carbons (Fsp3) is 0.500. The van der Waals surface area contributed by atoms with Gasteiger partial charge in [0.2, 0.25) is 0 Å². The highest BCUT2D eigenvalue weighted by molar-refractivity contribution is 5.84. The molecule has 0 aliphatic carbocycles. The highest BCUT2D eigenvalue weighted by atomic mass is 19.1. The van der Waals surface area contributed by atoms with Crippen molar-refractivity contribution < 1.29 is 9.18 Å². The molecule has 0 N–H and O–H groups in total. The molecular weight excluding hydrogens is 217 g/mol. The minimum absolute atomic E-state index is 0.528. The largest absolute Gasteiger partial charge is 0.371 e. The summed E-state index contributed by atoms with van der Waals surface area (Å²) in [4.78, 5) is 13.1. The number of para-hydroxylation sites is 1. The van der Waals surface area contributed by atoms with Gasteiger partial charge in [0.15, 0.2) is 6.29 Å². The lowest BCUT2D eigenvalue weighted by molar-refractivity contribution is 0.112. The van der Waals surface area contributed by atoms with Crippen LogP contribution in [0.25, 0.3) is 0 Å². The summed E-state index contributed by atoms with van der Waals surface area (Å²) in [6, 6.07) is 7.51. The van der Waals surface area contributed by atoms with Gasteiger partial charge in [-0.3, -0.25) is 4.79 Å². The maximum atomic E-state index is 13.9. The molecule has 92 valence electrons. The number of nitrogens with zero attached hydrogens (tertiary/aromatic N) is 1. The van der Waals surface area contributed by atoms with E-state index in [1.165, 1.54) is 0 Å². The molecule has 0 radical (unpaired) electrons. The number of alkyl halides is 1. The number of halogens is 1. The van der Waals surface area contributed by atoms with Crippen LogP contribution in [-0.2, 0) is 0 Å². The summed E-state index contributed by atoms with van der Waals surface area (Å²) in [6.45, 7) is 3.17. The van der Waals surface area contributed by atoms with E-state index in [1.54, 1.807) is 6.92 Å². The fourth-order valence-corrected chi connectivity index (χ4v) is 2.36. The van der Waals surface area contributed by atoms with E-state index in [9.17, 15) is 9.18 Å². The van der Waals surface area contributed by atoms with E-state index in [1.807, 2.05) is 24.3 Å². The highest BCUT2D eigenvalue weighted by Gasteiger charge is 2.27. The molecule has 1 heterocycles. The number of rotatable bonds is 2. The van der Waals surface area contributed by atoms with Gasteiger partial charge in [0.05, 0.1) is 0 Å². The highest BCUT2D eigenvalue weighted by Crippen LogP contribution is 2.29. The molecule has 1 atom stereocenters. The first-order valence-corrected chi connectivity index (χ1v) is 6.10. The van der Waals surface area contributed by atoms with Crippen LogP contribution in [0.4, 0.5) is 10.1 Å². The normalized spacial score (nSPS) is 25.4. The zero-order valence-electron chi connectivity index (χ0n) is 10.2. The van der Waals surface area contributed by atoms with Crippen LogP contribution in [0.2, 0.25) is 0 Å². The molecule has 0 spiro atoms. The first-order chi connectivity index (χ1) is 8.12. The van der Waals surface area contributed by atoms with Crippen molar-refractivity contribution in [2.24, 2.45) is 0 Å². The summed E-state index contributed by atoms with van der Waals surface area (Å²) in [5, 5.41) is 0. The lowest BCUT2D eigenvalue weighted by atomic mass is 10.00. The minimum Gasteiger partial charge on any atom is -0.371 e. The van der Waals surface area contributed by atoms with Gasteiger partial charge in [-0.15, -0.1) is 0 Å². The molecule has 1 aliphatic heterocycles. The van der Waals surface area contributed by atoms with Crippen LogP contribution in [0.1, 0.15) is 36.5 Å². The molecule has 1 aromatic carbocycles. The lowest BCUT2D eigenvalue weighted by Crippen LogP contribution is -2.27. The van der Waals surface area contributed by atoms with Crippen molar-refractivity contribution in [1.82, 2.24) is 0 Å². The van der Waals surface area contributed by atoms with Gasteiger partial charge in [-0.2, -0.15) is 0 Å². The Morgan fingerprint density at radius 1 is 1.29 bits per heavy atom. The summed E-state index contributed by atoms with van der Waals surface area (Å²) < 4.78 is 13.9.